The first-order valence-corrected chi connectivity index (χ1v) is 12.0. The van der Waals surface area contributed by atoms with E-state index in [-0.39, 0.29) is 11.3 Å². The van der Waals surface area contributed by atoms with E-state index in [1.54, 1.807) is 23.1 Å². The molecule has 0 radical (unpaired) electrons. The molecule has 6 heteroatoms. The largest absolute Gasteiger partial charge is 0.345 e. The van der Waals surface area contributed by atoms with Gasteiger partial charge in [-0.2, -0.15) is 0 Å². The second kappa shape index (κ2) is 8.00. The number of hydrogen-bond acceptors (Lipinski definition) is 5. The minimum Gasteiger partial charge on any atom is -0.345 e. The highest BCUT2D eigenvalue weighted by atomic mass is 32.2. The van der Waals surface area contributed by atoms with Crippen molar-refractivity contribution in [2.45, 2.75) is 31.1 Å². The van der Waals surface area contributed by atoms with Gasteiger partial charge in [-0.25, -0.2) is 4.98 Å². The summed E-state index contributed by atoms with van der Waals surface area (Å²) in [7, 11) is 0. The minimum atomic E-state index is 0.0978. The van der Waals surface area contributed by atoms with E-state index in [1.165, 1.54) is 15.2 Å². The molecule has 0 saturated carbocycles. The average molecular weight is 426 g/mol. The Morgan fingerprint density at radius 1 is 1.03 bits per heavy atom. The maximum Gasteiger partial charge on any atom is 0.253 e. The fourth-order valence-electron chi connectivity index (χ4n) is 3.61. The number of nitrogens with zero attached hydrogens (tertiary/aromatic N) is 3. The van der Waals surface area contributed by atoms with Crippen LogP contribution in [0.4, 0.5) is 5.13 Å². The molecule has 1 aliphatic heterocycles. The molecule has 4 nitrogen and oxygen atoms in total. The fraction of sp³-hybridized carbons (Fsp3) is 0.391. The molecule has 4 rings (SSSR count). The van der Waals surface area contributed by atoms with Crippen molar-refractivity contribution in [1.29, 1.82) is 0 Å². The second-order valence-electron chi connectivity index (χ2n) is 8.41. The van der Waals surface area contributed by atoms with Crippen LogP contribution < -0.4 is 4.90 Å². The molecule has 29 heavy (non-hydrogen) atoms. The Hall–Kier alpha value is -2.05. The molecule has 1 amide bonds. The monoisotopic (exact) mass is 425 g/mol. The third-order valence-electron chi connectivity index (χ3n) is 5.43. The third-order valence-corrected chi connectivity index (χ3v) is 7.28. The van der Waals surface area contributed by atoms with E-state index in [2.05, 4.69) is 62.3 Å². The van der Waals surface area contributed by atoms with Crippen molar-refractivity contribution in [2.24, 2.45) is 0 Å². The molecular formula is C23H27N3OS2. The van der Waals surface area contributed by atoms with E-state index in [0.717, 1.165) is 42.4 Å². The number of benzene rings is 2. The van der Waals surface area contributed by atoms with Gasteiger partial charge >= 0.3 is 0 Å². The highest BCUT2D eigenvalue weighted by Gasteiger charge is 2.24. The number of carbonyl (C=O) groups excluding carboxylic acids is 1. The zero-order valence-corrected chi connectivity index (χ0v) is 19.1. The van der Waals surface area contributed by atoms with Crippen LogP contribution in [0.15, 0.2) is 47.4 Å². The first-order valence-electron chi connectivity index (χ1n) is 9.95. The van der Waals surface area contributed by atoms with Crippen LogP contribution in [0, 0.1) is 0 Å². The predicted octanol–water partition coefficient (Wildman–Crippen LogP) is 5.28. The first kappa shape index (κ1) is 20.2. The molecule has 1 aliphatic rings. The highest BCUT2D eigenvalue weighted by molar-refractivity contribution is 7.98. The molecule has 152 valence electrons. The second-order valence-corrected chi connectivity index (χ2v) is 10.3. The summed E-state index contributed by atoms with van der Waals surface area (Å²) in [6.07, 6.45) is 2.09. The number of thioether (sulfide) groups is 1. The van der Waals surface area contributed by atoms with Crippen LogP contribution in [-0.4, -0.2) is 48.2 Å². The van der Waals surface area contributed by atoms with E-state index < -0.39 is 0 Å². The van der Waals surface area contributed by atoms with Crippen molar-refractivity contribution < 1.29 is 4.79 Å². The molecule has 3 aromatic rings. The van der Waals surface area contributed by atoms with Gasteiger partial charge in [0.2, 0.25) is 0 Å². The minimum absolute atomic E-state index is 0.0978. The van der Waals surface area contributed by atoms with Crippen LogP contribution in [-0.2, 0) is 5.41 Å². The number of amides is 1. The number of rotatable bonds is 3. The molecule has 2 aromatic carbocycles. The summed E-state index contributed by atoms with van der Waals surface area (Å²) < 4.78 is 1.23. The molecule has 1 saturated heterocycles. The summed E-state index contributed by atoms with van der Waals surface area (Å²) in [4.78, 5) is 23.3. The molecular weight excluding hydrogens is 398 g/mol. The first-order chi connectivity index (χ1) is 13.9. The third kappa shape index (κ3) is 4.14. The summed E-state index contributed by atoms with van der Waals surface area (Å²) in [5.41, 5.74) is 3.22. The molecule has 0 bridgehead atoms. The van der Waals surface area contributed by atoms with Crippen LogP contribution in [0.2, 0.25) is 0 Å². The van der Waals surface area contributed by atoms with Gasteiger partial charge < -0.3 is 9.80 Å². The SMILES string of the molecule is CSc1cccc2sc(N3CCN(C(=O)c4ccc(C(C)(C)C)cc4)CC3)nc12. The number of para-hydroxylation sites is 1. The molecule has 2 heterocycles. The number of fused-ring (bicyclic) bond motifs is 1. The lowest BCUT2D eigenvalue weighted by Crippen LogP contribution is -2.48. The van der Waals surface area contributed by atoms with Crippen molar-refractivity contribution >= 4 is 44.4 Å². The van der Waals surface area contributed by atoms with Crippen molar-refractivity contribution in [3.8, 4) is 0 Å². The van der Waals surface area contributed by atoms with Gasteiger partial charge in [-0.3, -0.25) is 4.79 Å². The maximum atomic E-state index is 12.9. The number of thiazole rings is 1. The zero-order valence-electron chi connectivity index (χ0n) is 17.4. The van der Waals surface area contributed by atoms with Gasteiger partial charge in [0.25, 0.3) is 5.91 Å². The number of anilines is 1. The predicted molar refractivity (Wildman–Crippen MR) is 125 cm³/mol. The molecule has 1 aromatic heterocycles. The van der Waals surface area contributed by atoms with Crippen LogP contribution in [0.5, 0.6) is 0 Å². The van der Waals surface area contributed by atoms with Crippen molar-refractivity contribution in [1.82, 2.24) is 9.88 Å². The van der Waals surface area contributed by atoms with Gasteiger partial charge in [-0.05, 0) is 41.5 Å². The maximum absolute atomic E-state index is 12.9. The Kier molecular flexibility index (Phi) is 5.58. The Balaban J connectivity index is 1.43. The van der Waals surface area contributed by atoms with E-state index in [0.29, 0.717) is 0 Å². The Morgan fingerprint density at radius 2 is 1.72 bits per heavy atom. The summed E-state index contributed by atoms with van der Waals surface area (Å²) in [6.45, 7) is 9.66. The van der Waals surface area contributed by atoms with Gasteiger partial charge in [0, 0.05) is 36.6 Å². The van der Waals surface area contributed by atoms with Gasteiger partial charge in [-0.1, -0.05) is 50.3 Å². The molecule has 1 fully saturated rings. The molecule has 0 atom stereocenters. The lowest BCUT2D eigenvalue weighted by atomic mass is 9.86. The summed E-state index contributed by atoms with van der Waals surface area (Å²) >= 11 is 3.48. The number of piperazine rings is 1. The Morgan fingerprint density at radius 3 is 2.34 bits per heavy atom. The lowest BCUT2D eigenvalue weighted by molar-refractivity contribution is 0.0746. The summed E-state index contributed by atoms with van der Waals surface area (Å²) in [6, 6.07) is 14.4. The van der Waals surface area contributed by atoms with Gasteiger partial charge in [0.1, 0.15) is 0 Å². The van der Waals surface area contributed by atoms with Crippen LogP contribution >= 0.6 is 23.1 Å². The lowest BCUT2D eigenvalue weighted by Gasteiger charge is -2.34. The summed E-state index contributed by atoms with van der Waals surface area (Å²) in [5, 5.41) is 1.06. The Labute approximate surface area is 180 Å². The average Bonchev–Trinajstić information content (AvgIpc) is 3.17. The highest BCUT2D eigenvalue weighted by Crippen LogP contribution is 2.34. The standard InChI is InChI=1S/C23H27N3OS2/c1-23(2,3)17-10-8-16(9-11-17)21(27)25-12-14-26(15-13-25)22-24-20-18(28-4)6-5-7-19(20)29-22/h5-11H,12-15H2,1-4H3. The zero-order chi connectivity index (χ0) is 20.6. The van der Waals surface area contributed by atoms with Crippen molar-refractivity contribution in [3.63, 3.8) is 0 Å². The van der Waals surface area contributed by atoms with Gasteiger partial charge in [0.05, 0.1) is 10.2 Å². The Bertz CT molecular complexity index is 1010. The van der Waals surface area contributed by atoms with Gasteiger partial charge in [-0.15, -0.1) is 11.8 Å². The number of aromatic nitrogens is 1. The molecule has 0 unspecified atom stereocenters. The molecule has 0 N–H and O–H groups in total. The summed E-state index contributed by atoms with van der Waals surface area (Å²) in [5.74, 6) is 0.124. The smallest absolute Gasteiger partial charge is 0.253 e. The van der Waals surface area contributed by atoms with Crippen LogP contribution in [0.1, 0.15) is 36.7 Å². The van der Waals surface area contributed by atoms with E-state index in [1.807, 2.05) is 17.0 Å². The molecule has 0 spiro atoms. The normalized spacial score (nSPS) is 15.2. The van der Waals surface area contributed by atoms with E-state index >= 15 is 0 Å². The van der Waals surface area contributed by atoms with E-state index in [9.17, 15) is 4.79 Å². The van der Waals surface area contributed by atoms with Crippen LogP contribution in [0.25, 0.3) is 10.2 Å². The number of carbonyl (C=O) groups is 1. The van der Waals surface area contributed by atoms with Crippen LogP contribution in [0.3, 0.4) is 0 Å². The van der Waals surface area contributed by atoms with Crippen molar-refractivity contribution in [3.05, 3.63) is 53.6 Å². The molecule has 0 aliphatic carbocycles. The number of hydrogen-bond donors (Lipinski definition) is 0. The fourth-order valence-corrected chi connectivity index (χ4v) is 5.28. The topological polar surface area (TPSA) is 36.4 Å². The van der Waals surface area contributed by atoms with E-state index in [4.69, 9.17) is 4.98 Å². The van der Waals surface area contributed by atoms with Crippen molar-refractivity contribution in [2.75, 3.05) is 37.3 Å². The quantitative estimate of drug-likeness (QED) is 0.535. The van der Waals surface area contributed by atoms with Gasteiger partial charge in [0.15, 0.2) is 5.13 Å².